The maximum absolute atomic E-state index is 12.1. The monoisotopic (exact) mass is 753 g/mol. The van der Waals surface area contributed by atoms with Crippen molar-refractivity contribution in [2.45, 2.75) is 142 Å². The number of allylic oxidation sites excluding steroid dienone is 5. The fraction of sp³-hybridized carbons (Fsp3) is 0.844. The Balaban J connectivity index is 1.11. The Kier molecular flexibility index (Phi) is 10.2. The molecule has 0 aromatic carbocycles. The molecular weight excluding hydrogens is 681 g/mol. The lowest BCUT2D eigenvalue weighted by molar-refractivity contribution is -0.221. The highest BCUT2D eigenvalue weighted by atomic mass is 32.2. The zero-order valence-corrected chi connectivity index (χ0v) is 35.1. The zero-order chi connectivity index (χ0) is 38.4. The molecule has 53 heavy (non-hydrogen) atoms. The SMILES string of the molecule is C=C(C)C1CCC2(NCCN3CCC(S(C)(=O)=O)CC3)CCC3(C)C(CCC4C5(C)CC=C(C6=CCC(CO)(C(=O)O)CC6)C(C)(C)C5CCC43C)C12. The van der Waals surface area contributed by atoms with Gasteiger partial charge < -0.3 is 20.4 Å². The van der Waals surface area contributed by atoms with Crippen LogP contribution in [0.4, 0.5) is 0 Å². The number of aliphatic hydroxyl groups excluding tert-OH is 1. The first-order valence-electron chi connectivity index (χ1n) is 21.3. The summed E-state index contributed by atoms with van der Waals surface area (Å²) in [6.45, 7) is 23.4. The second-order valence-electron chi connectivity index (χ2n) is 20.9. The van der Waals surface area contributed by atoms with Crippen LogP contribution in [0.1, 0.15) is 131 Å². The van der Waals surface area contributed by atoms with Crippen LogP contribution < -0.4 is 5.32 Å². The number of carbonyl (C=O) groups is 1. The molecule has 0 aromatic heterocycles. The molecule has 1 aliphatic heterocycles. The van der Waals surface area contributed by atoms with Crippen molar-refractivity contribution in [1.29, 1.82) is 0 Å². The average Bonchev–Trinajstić information content (AvgIpc) is 3.48. The largest absolute Gasteiger partial charge is 0.481 e. The molecule has 0 bridgehead atoms. The highest BCUT2D eigenvalue weighted by Gasteiger charge is 2.70. The smallest absolute Gasteiger partial charge is 0.312 e. The number of aliphatic hydroxyl groups is 1. The number of rotatable bonds is 9. The second kappa shape index (κ2) is 13.6. The fourth-order valence-corrected chi connectivity index (χ4v) is 16.2. The van der Waals surface area contributed by atoms with Gasteiger partial charge in [0, 0.05) is 24.9 Å². The van der Waals surface area contributed by atoms with E-state index < -0.39 is 21.2 Å². The van der Waals surface area contributed by atoms with Crippen molar-refractivity contribution >= 4 is 15.8 Å². The number of nitrogens with one attached hydrogen (secondary N) is 1. The highest BCUT2D eigenvalue weighted by Crippen LogP contribution is 2.76. The predicted molar refractivity (Wildman–Crippen MR) is 214 cm³/mol. The first-order chi connectivity index (χ1) is 24.8. The van der Waals surface area contributed by atoms with Crippen LogP contribution in [0.5, 0.6) is 0 Å². The predicted octanol–water partition coefficient (Wildman–Crippen LogP) is 8.20. The Hall–Kier alpha value is -1.48. The maximum Gasteiger partial charge on any atom is 0.312 e. The minimum Gasteiger partial charge on any atom is -0.481 e. The van der Waals surface area contributed by atoms with Crippen LogP contribution in [0, 0.1) is 56.7 Å². The number of carboxylic acids is 1. The van der Waals surface area contributed by atoms with E-state index in [1.165, 1.54) is 74.3 Å². The van der Waals surface area contributed by atoms with E-state index in [4.69, 9.17) is 0 Å². The number of fused-ring (bicyclic) bond motifs is 7. The average molecular weight is 753 g/mol. The summed E-state index contributed by atoms with van der Waals surface area (Å²) >= 11 is 0. The lowest BCUT2D eigenvalue weighted by atomic mass is 9.33. The fourth-order valence-electron chi connectivity index (χ4n) is 15.2. The van der Waals surface area contributed by atoms with Gasteiger partial charge in [-0.15, -0.1) is 0 Å². The van der Waals surface area contributed by atoms with Gasteiger partial charge in [0.05, 0.1) is 17.3 Å². The lowest BCUT2D eigenvalue weighted by Gasteiger charge is -2.72. The number of carboxylic acid groups (broad SMARTS) is 1. The molecule has 298 valence electrons. The molecular formula is C45H72N2O5S. The summed E-state index contributed by atoms with van der Waals surface area (Å²) in [5.41, 5.74) is 4.06. The van der Waals surface area contributed by atoms with Crippen LogP contribution in [0.15, 0.2) is 35.5 Å². The van der Waals surface area contributed by atoms with Crippen LogP contribution in [-0.2, 0) is 14.6 Å². The van der Waals surface area contributed by atoms with Crippen LogP contribution in [0.2, 0.25) is 0 Å². The molecule has 7 nitrogen and oxygen atoms in total. The summed E-state index contributed by atoms with van der Waals surface area (Å²) in [5, 5.41) is 24.0. The molecule has 6 aliphatic carbocycles. The van der Waals surface area contributed by atoms with Gasteiger partial charge in [0.15, 0.2) is 0 Å². The van der Waals surface area contributed by atoms with Gasteiger partial charge in [0.1, 0.15) is 9.84 Å². The molecule has 1 saturated heterocycles. The number of aliphatic carboxylic acids is 1. The molecule has 3 N–H and O–H groups in total. The Labute approximate surface area is 321 Å². The molecule has 4 saturated carbocycles. The van der Waals surface area contributed by atoms with Gasteiger partial charge in [0.2, 0.25) is 0 Å². The van der Waals surface area contributed by atoms with E-state index in [0.29, 0.717) is 42.4 Å². The molecule has 10 atom stereocenters. The van der Waals surface area contributed by atoms with E-state index in [1.807, 2.05) is 0 Å². The van der Waals surface area contributed by atoms with Gasteiger partial charge in [0.25, 0.3) is 0 Å². The lowest BCUT2D eigenvalue weighted by Crippen LogP contribution is -2.68. The summed E-state index contributed by atoms with van der Waals surface area (Å²) in [4.78, 5) is 14.6. The molecule has 0 spiro atoms. The second-order valence-corrected chi connectivity index (χ2v) is 23.2. The van der Waals surface area contributed by atoms with Gasteiger partial charge in [-0.3, -0.25) is 4.79 Å². The van der Waals surface area contributed by atoms with E-state index in [-0.39, 0.29) is 39.1 Å². The molecule has 0 aromatic rings. The van der Waals surface area contributed by atoms with Crippen molar-refractivity contribution in [2.24, 2.45) is 56.7 Å². The van der Waals surface area contributed by atoms with E-state index in [2.05, 4.69) is 70.5 Å². The summed E-state index contributed by atoms with van der Waals surface area (Å²) in [6.07, 6.45) is 20.5. The van der Waals surface area contributed by atoms with Gasteiger partial charge in [-0.1, -0.05) is 58.9 Å². The first kappa shape index (κ1) is 39.7. The minimum absolute atomic E-state index is 0.0164. The molecule has 10 unspecified atom stereocenters. The Morgan fingerprint density at radius 1 is 0.906 bits per heavy atom. The Morgan fingerprint density at radius 2 is 1.62 bits per heavy atom. The quantitative estimate of drug-likeness (QED) is 0.204. The van der Waals surface area contributed by atoms with Crippen LogP contribution >= 0.6 is 0 Å². The third-order valence-electron chi connectivity index (χ3n) is 18.4. The van der Waals surface area contributed by atoms with E-state index in [1.54, 1.807) is 0 Å². The van der Waals surface area contributed by atoms with E-state index >= 15 is 0 Å². The van der Waals surface area contributed by atoms with Gasteiger partial charge in [-0.05, 0) is 172 Å². The number of piperidine rings is 1. The summed E-state index contributed by atoms with van der Waals surface area (Å²) in [7, 11) is -2.95. The van der Waals surface area contributed by atoms with Gasteiger partial charge >= 0.3 is 5.97 Å². The van der Waals surface area contributed by atoms with E-state index in [9.17, 15) is 23.4 Å². The maximum atomic E-state index is 12.1. The molecule has 8 heteroatoms. The minimum atomic E-state index is -2.95. The molecule has 0 radical (unpaired) electrons. The third-order valence-corrected chi connectivity index (χ3v) is 20.1. The van der Waals surface area contributed by atoms with Gasteiger partial charge in [-0.2, -0.15) is 0 Å². The normalized spacial score (nSPS) is 44.5. The van der Waals surface area contributed by atoms with Crippen LogP contribution in [0.25, 0.3) is 0 Å². The molecule has 7 rings (SSSR count). The van der Waals surface area contributed by atoms with Crippen molar-refractivity contribution in [3.63, 3.8) is 0 Å². The third kappa shape index (κ3) is 6.11. The summed E-state index contributed by atoms with van der Waals surface area (Å²) in [6, 6.07) is 0. The highest BCUT2D eigenvalue weighted by molar-refractivity contribution is 7.91. The zero-order valence-electron chi connectivity index (χ0n) is 34.2. The standard InChI is InChI=1S/C45H72N2O5S/c1-30(2)33-13-22-45(46-25-28-47-26-16-32(17-27-47)53(8,51)52)24-23-42(6)35(38(33)45)9-10-37-41(5)18-14-34(40(3,4)36(41)15-19-43(37,42)7)31-11-20-44(29-48,21-12-31)39(49)50/h11,14,32-33,35-38,46,48H,1,9-10,12-13,15-29H2,2-8H3,(H,49,50). The van der Waals surface area contributed by atoms with E-state index in [0.717, 1.165) is 51.9 Å². The summed E-state index contributed by atoms with van der Waals surface area (Å²) < 4.78 is 24.3. The topological polar surface area (TPSA) is 107 Å². The number of hydrogen-bond acceptors (Lipinski definition) is 6. The number of sulfone groups is 1. The molecule has 0 amide bonds. The van der Waals surface area contributed by atoms with Crippen molar-refractivity contribution in [3.05, 3.63) is 35.5 Å². The van der Waals surface area contributed by atoms with Crippen molar-refractivity contribution < 1.29 is 23.4 Å². The first-order valence-corrected chi connectivity index (χ1v) is 23.3. The molecule has 7 aliphatic rings. The number of nitrogens with zero attached hydrogens (tertiary/aromatic N) is 1. The van der Waals surface area contributed by atoms with Crippen molar-refractivity contribution in [2.75, 3.05) is 39.0 Å². The number of hydrogen-bond donors (Lipinski definition) is 3. The Bertz CT molecular complexity index is 1640. The van der Waals surface area contributed by atoms with Crippen molar-refractivity contribution in [1.82, 2.24) is 10.2 Å². The van der Waals surface area contributed by atoms with Crippen molar-refractivity contribution in [3.8, 4) is 0 Å². The van der Waals surface area contributed by atoms with Crippen LogP contribution in [-0.4, -0.2) is 79.3 Å². The van der Waals surface area contributed by atoms with Crippen LogP contribution in [0.3, 0.4) is 0 Å². The number of likely N-dealkylation sites (tertiary alicyclic amines) is 1. The Morgan fingerprint density at radius 3 is 2.23 bits per heavy atom. The summed E-state index contributed by atoms with van der Waals surface area (Å²) in [5.74, 6) is 2.24. The molecule has 5 fully saturated rings. The molecule has 1 heterocycles. The van der Waals surface area contributed by atoms with Gasteiger partial charge in [-0.25, -0.2) is 8.42 Å².